The third kappa shape index (κ3) is 3.80. The van der Waals surface area contributed by atoms with Crippen LogP contribution in [0.4, 0.5) is 0 Å². The second kappa shape index (κ2) is 6.14. The topological polar surface area (TPSA) is 74.2 Å². The standard InChI is InChI=1S/C10H15O6P/c1-13-9-6-4-8(5-7-9)10(11)16-17(12,14-2)15-3/h4-7,10-11H,1-3H3/t10-/m0/s1. The van der Waals surface area contributed by atoms with Crippen molar-refractivity contribution >= 4 is 7.82 Å². The summed E-state index contributed by atoms with van der Waals surface area (Å²) in [6.45, 7) is 0. The Hall–Kier alpha value is -0.910. The molecule has 0 spiro atoms. The molecule has 1 aromatic carbocycles. The van der Waals surface area contributed by atoms with E-state index in [4.69, 9.17) is 9.26 Å². The summed E-state index contributed by atoms with van der Waals surface area (Å²) >= 11 is 0. The highest BCUT2D eigenvalue weighted by Crippen LogP contribution is 2.50. The zero-order valence-electron chi connectivity index (χ0n) is 9.82. The molecule has 0 saturated carbocycles. The summed E-state index contributed by atoms with van der Waals surface area (Å²) in [5, 5.41) is 9.69. The van der Waals surface area contributed by atoms with Gasteiger partial charge in [-0.2, -0.15) is 0 Å². The molecule has 96 valence electrons. The van der Waals surface area contributed by atoms with Crippen molar-refractivity contribution in [3.8, 4) is 5.75 Å². The van der Waals surface area contributed by atoms with Gasteiger partial charge in [-0.25, -0.2) is 4.57 Å². The van der Waals surface area contributed by atoms with Gasteiger partial charge in [-0.1, -0.05) is 12.1 Å². The Bertz CT molecular complexity index is 382. The average Bonchev–Trinajstić information content (AvgIpc) is 2.38. The maximum atomic E-state index is 11.6. The molecular weight excluding hydrogens is 247 g/mol. The number of aliphatic hydroxyl groups excluding tert-OH is 1. The summed E-state index contributed by atoms with van der Waals surface area (Å²) in [5.74, 6) is 0.641. The average molecular weight is 262 g/mol. The first-order valence-corrected chi connectivity index (χ1v) is 6.22. The lowest BCUT2D eigenvalue weighted by Gasteiger charge is -2.18. The lowest BCUT2D eigenvalue weighted by atomic mass is 10.2. The molecular formula is C10H15O6P. The highest BCUT2D eigenvalue weighted by molar-refractivity contribution is 7.48. The molecule has 0 bridgehead atoms. The molecule has 6 nitrogen and oxygen atoms in total. The number of rotatable bonds is 6. The van der Waals surface area contributed by atoms with Gasteiger partial charge in [0, 0.05) is 19.8 Å². The minimum Gasteiger partial charge on any atom is -0.497 e. The van der Waals surface area contributed by atoms with Gasteiger partial charge in [-0.3, -0.25) is 13.6 Å². The number of hydrogen-bond acceptors (Lipinski definition) is 6. The van der Waals surface area contributed by atoms with Crippen molar-refractivity contribution in [2.45, 2.75) is 6.29 Å². The molecule has 1 N–H and O–H groups in total. The molecule has 7 heteroatoms. The van der Waals surface area contributed by atoms with Crippen LogP contribution in [0.25, 0.3) is 0 Å². The molecule has 0 saturated heterocycles. The van der Waals surface area contributed by atoms with Gasteiger partial charge in [0.2, 0.25) is 0 Å². The third-order valence-electron chi connectivity index (χ3n) is 2.08. The van der Waals surface area contributed by atoms with Gasteiger partial charge >= 0.3 is 7.82 Å². The molecule has 0 aliphatic rings. The van der Waals surface area contributed by atoms with Gasteiger partial charge in [0.25, 0.3) is 0 Å². The molecule has 0 aliphatic carbocycles. The first-order valence-electron chi connectivity index (χ1n) is 4.76. The van der Waals surface area contributed by atoms with Crippen LogP contribution < -0.4 is 4.74 Å². The minimum atomic E-state index is -3.70. The van der Waals surface area contributed by atoms with E-state index in [9.17, 15) is 9.67 Å². The zero-order chi connectivity index (χ0) is 12.9. The number of hydrogen-bond donors (Lipinski definition) is 1. The van der Waals surface area contributed by atoms with Crippen molar-refractivity contribution in [2.75, 3.05) is 21.3 Å². The summed E-state index contributed by atoms with van der Waals surface area (Å²) in [4.78, 5) is 0. The second-order valence-corrected chi connectivity index (χ2v) is 4.88. The Kier molecular flexibility index (Phi) is 5.11. The number of ether oxygens (including phenoxy) is 1. The fourth-order valence-corrected chi connectivity index (χ4v) is 1.80. The van der Waals surface area contributed by atoms with Crippen molar-refractivity contribution in [2.24, 2.45) is 0 Å². The van der Waals surface area contributed by atoms with Crippen molar-refractivity contribution in [1.82, 2.24) is 0 Å². The van der Waals surface area contributed by atoms with Crippen LogP contribution in [-0.4, -0.2) is 26.4 Å². The summed E-state index contributed by atoms with van der Waals surface area (Å²) in [6, 6.07) is 6.46. The van der Waals surface area contributed by atoms with Gasteiger partial charge in [-0.15, -0.1) is 0 Å². The first kappa shape index (κ1) is 14.2. The fourth-order valence-electron chi connectivity index (χ4n) is 1.11. The lowest BCUT2D eigenvalue weighted by Crippen LogP contribution is -2.03. The van der Waals surface area contributed by atoms with Crippen LogP contribution in [0.1, 0.15) is 11.9 Å². The maximum absolute atomic E-state index is 11.6. The summed E-state index contributed by atoms with van der Waals surface area (Å²) in [6.07, 6.45) is -1.40. The van der Waals surface area contributed by atoms with Gasteiger partial charge in [0.1, 0.15) is 5.75 Å². The van der Waals surface area contributed by atoms with E-state index >= 15 is 0 Å². The molecule has 0 aliphatic heterocycles. The van der Waals surface area contributed by atoms with E-state index in [-0.39, 0.29) is 0 Å². The Balaban J connectivity index is 2.75. The van der Waals surface area contributed by atoms with Crippen LogP contribution >= 0.6 is 7.82 Å². The predicted molar refractivity (Wildman–Crippen MR) is 60.7 cm³/mol. The Labute approximate surface area is 99.7 Å². The van der Waals surface area contributed by atoms with Crippen molar-refractivity contribution in [3.05, 3.63) is 29.8 Å². The minimum absolute atomic E-state index is 0.417. The molecule has 1 rings (SSSR count). The third-order valence-corrected chi connectivity index (χ3v) is 3.43. The molecule has 1 atom stereocenters. The van der Waals surface area contributed by atoms with E-state index in [1.165, 1.54) is 21.3 Å². The van der Waals surface area contributed by atoms with E-state index < -0.39 is 14.1 Å². The van der Waals surface area contributed by atoms with Crippen LogP contribution in [0.15, 0.2) is 24.3 Å². The van der Waals surface area contributed by atoms with Gasteiger partial charge in [0.15, 0.2) is 6.29 Å². The monoisotopic (exact) mass is 262 g/mol. The lowest BCUT2D eigenvalue weighted by molar-refractivity contribution is -0.0451. The molecule has 0 unspecified atom stereocenters. The highest BCUT2D eigenvalue weighted by Gasteiger charge is 2.27. The molecule has 1 aromatic rings. The number of methoxy groups -OCH3 is 1. The van der Waals surface area contributed by atoms with Gasteiger partial charge in [0.05, 0.1) is 7.11 Å². The fraction of sp³-hybridized carbons (Fsp3) is 0.400. The summed E-state index contributed by atoms with van der Waals surface area (Å²) in [7, 11) is 0.174. The highest BCUT2D eigenvalue weighted by atomic mass is 31.2. The Morgan fingerprint density at radius 2 is 1.65 bits per heavy atom. The largest absolute Gasteiger partial charge is 0.497 e. The summed E-state index contributed by atoms with van der Waals surface area (Å²) in [5.41, 5.74) is 0.417. The molecule has 0 heterocycles. The molecule has 0 fully saturated rings. The predicted octanol–water partition coefficient (Wildman–Crippen LogP) is 2.10. The van der Waals surface area contributed by atoms with Crippen molar-refractivity contribution < 1.29 is 28.0 Å². The van der Waals surface area contributed by atoms with Crippen LogP contribution in [0.2, 0.25) is 0 Å². The second-order valence-electron chi connectivity index (χ2n) is 3.04. The summed E-state index contributed by atoms with van der Waals surface area (Å²) < 4.78 is 30.5. The van der Waals surface area contributed by atoms with E-state index in [2.05, 4.69) is 9.05 Å². The van der Waals surface area contributed by atoms with Gasteiger partial charge < -0.3 is 9.84 Å². The van der Waals surface area contributed by atoms with Crippen molar-refractivity contribution in [3.63, 3.8) is 0 Å². The van der Waals surface area contributed by atoms with Crippen molar-refractivity contribution in [1.29, 1.82) is 0 Å². The first-order chi connectivity index (χ1) is 8.04. The Morgan fingerprint density at radius 3 is 2.06 bits per heavy atom. The molecule has 17 heavy (non-hydrogen) atoms. The number of benzene rings is 1. The van der Waals surface area contributed by atoms with Crippen LogP contribution in [0.3, 0.4) is 0 Å². The SMILES string of the molecule is COc1ccc([C@@H](O)OP(=O)(OC)OC)cc1. The number of phosphoric acid groups is 1. The number of phosphoric ester groups is 1. The zero-order valence-corrected chi connectivity index (χ0v) is 10.7. The Morgan fingerprint density at radius 1 is 1.12 bits per heavy atom. The quantitative estimate of drug-likeness (QED) is 0.625. The maximum Gasteiger partial charge on any atom is 0.476 e. The van der Waals surface area contributed by atoms with E-state index in [0.29, 0.717) is 11.3 Å². The molecule has 0 amide bonds. The van der Waals surface area contributed by atoms with E-state index in [1.54, 1.807) is 24.3 Å². The molecule has 0 radical (unpaired) electrons. The normalized spacial score (nSPS) is 13.4. The number of aliphatic hydroxyl groups is 1. The molecule has 0 aromatic heterocycles. The van der Waals surface area contributed by atoms with E-state index in [0.717, 1.165) is 0 Å². The van der Waals surface area contributed by atoms with E-state index in [1.807, 2.05) is 0 Å². The van der Waals surface area contributed by atoms with Crippen LogP contribution in [0, 0.1) is 0 Å². The smallest absolute Gasteiger partial charge is 0.476 e. The van der Waals surface area contributed by atoms with Crippen LogP contribution in [-0.2, 0) is 18.1 Å². The van der Waals surface area contributed by atoms with Crippen LogP contribution in [0.5, 0.6) is 5.75 Å². The van der Waals surface area contributed by atoms with Gasteiger partial charge in [-0.05, 0) is 12.1 Å².